The molecular formula is C11H17N3. The monoisotopic (exact) mass is 191 g/mol. The Kier molecular flexibility index (Phi) is 3.23. The molecule has 0 unspecified atom stereocenters. The molecular weight excluding hydrogens is 174 g/mol. The molecule has 3 heteroatoms. The van der Waals surface area contributed by atoms with Crippen LogP contribution in [0.25, 0.3) is 5.57 Å². The Morgan fingerprint density at radius 2 is 2.36 bits per heavy atom. The highest BCUT2D eigenvalue weighted by molar-refractivity contribution is 5.82. The average Bonchev–Trinajstić information content (AvgIpc) is 2.66. The average molecular weight is 191 g/mol. The second kappa shape index (κ2) is 4.22. The molecule has 0 aromatic carbocycles. The van der Waals surface area contributed by atoms with Crippen molar-refractivity contribution in [3.63, 3.8) is 0 Å². The number of hydrogen-bond acceptors (Lipinski definition) is 2. The van der Waals surface area contributed by atoms with Crippen molar-refractivity contribution < 1.29 is 0 Å². The third-order valence-corrected chi connectivity index (χ3v) is 2.62. The van der Waals surface area contributed by atoms with Gasteiger partial charge in [0.1, 0.15) is 5.82 Å². The van der Waals surface area contributed by atoms with Crippen LogP contribution in [0.1, 0.15) is 33.0 Å². The molecule has 1 heterocycles. The van der Waals surface area contributed by atoms with Gasteiger partial charge in [-0.15, -0.1) is 0 Å². The molecule has 2 N–H and O–H groups in total. The Hall–Kier alpha value is -1.38. The van der Waals surface area contributed by atoms with Crippen LogP contribution in [0.5, 0.6) is 0 Å². The zero-order valence-corrected chi connectivity index (χ0v) is 8.96. The van der Waals surface area contributed by atoms with Gasteiger partial charge in [-0.2, -0.15) is 0 Å². The van der Waals surface area contributed by atoms with Crippen LogP contribution in [0, 0.1) is 10.8 Å². The van der Waals surface area contributed by atoms with Gasteiger partial charge in [0.25, 0.3) is 0 Å². The van der Waals surface area contributed by atoms with Crippen LogP contribution in [0.15, 0.2) is 18.5 Å². The van der Waals surface area contributed by atoms with Crippen molar-refractivity contribution in [3.8, 4) is 0 Å². The van der Waals surface area contributed by atoms with E-state index in [0.717, 1.165) is 17.8 Å². The Bertz CT molecular complexity index is 320. The molecule has 14 heavy (non-hydrogen) atoms. The third-order valence-electron chi connectivity index (χ3n) is 2.62. The molecule has 0 saturated heterocycles. The zero-order chi connectivity index (χ0) is 10.6. The molecule has 0 atom stereocenters. The summed E-state index contributed by atoms with van der Waals surface area (Å²) in [5.41, 5.74) is 1.13. The van der Waals surface area contributed by atoms with E-state index in [4.69, 9.17) is 5.41 Å². The number of hydrogen-bond donors (Lipinski definition) is 2. The maximum atomic E-state index is 7.15. The lowest BCUT2D eigenvalue weighted by atomic mass is 9.81. The molecule has 1 aromatic heterocycles. The minimum atomic E-state index is 0.0510. The number of aromatic amines is 1. The fraction of sp³-hybridized carbons (Fsp3) is 0.455. The summed E-state index contributed by atoms with van der Waals surface area (Å²) in [4.78, 5) is 7.30. The van der Waals surface area contributed by atoms with Gasteiger partial charge in [0, 0.05) is 24.2 Å². The van der Waals surface area contributed by atoms with Crippen LogP contribution >= 0.6 is 0 Å². The van der Waals surface area contributed by atoms with E-state index in [1.165, 1.54) is 6.21 Å². The van der Waals surface area contributed by atoms with Crippen molar-refractivity contribution in [1.29, 1.82) is 5.41 Å². The summed E-state index contributed by atoms with van der Waals surface area (Å²) in [5.74, 6) is 0.861. The Morgan fingerprint density at radius 3 is 2.79 bits per heavy atom. The number of rotatable bonds is 4. The minimum absolute atomic E-state index is 0.0510. The highest BCUT2D eigenvalue weighted by atomic mass is 14.9. The first-order valence-electron chi connectivity index (χ1n) is 4.83. The quantitative estimate of drug-likeness (QED) is 0.706. The van der Waals surface area contributed by atoms with Gasteiger partial charge in [-0.1, -0.05) is 20.8 Å². The number of allylic oxidation sites excluding steroid dienone is 2. The summed E-state index contributed by atoms with van der Waals surface area (Å²) in [7, 11) is 0. The van der Waals surface area contributed by atoms with Crippen LogP contribution in [-0.2, 0) is 0 Å². The molecule has 0 aliphatic rings. The second-order valence-electron chi connectivity index (χ2n) is 3.92. The van der Waals surface area contributed by atoms with Crippen LogP contribution in [0.3, 0.4) is 0 Å². The molecule has 3 nitrogen and oxygen atoms in total. The lowest BCUT2D eigenvalue weighted by Gasteiger charge is -2.24. The lowest BCUT2D eigenvalue weighted by Crippen LogP contribution is -2.13. The van der Waals surface area contributed by atoms with Crippen molar-refractivity contribution in [2.75, 3.05) is 0 Å². The molecule has 76 valence electrons. The number of imidazole rings is 1. The summed E-state index contributed by atoms with van der Waals surface area (Å²) in [5, 5.41) is 7.15. The van der Waals surface area contributed by atoms with E-state index in [-0.39, 0.29) is 5.41 Å². The van der Waals surface area contributed by atoms with Gasteiger partial charge in [0.2, 0.25) is 0 Å². The molecule has 1 rings (SSSR count). The van der Waals surface area contributed by atoms with Gasteiger partial charge in [-0.25, -0.2) is 4.98 Å². The van der Waals surface area contributed by atoms with E-state index < -0.39 is 0 Å². The second-order valence-corrected chi connectivity index (χ2v) is 3.92. The standard InChI is InChI=1S/C11H17N3/c1-4-11(2,3)9(5-6-12)10-13-7-8-14-10/h5-8,12H,4H2,1-3H3,(H,13,14)/b9-5+,12-6?. The molecule has 0 spiro atoms. The molecule has 0 aliphatic heterocycles. The van der Waals surface area contributed by atoms with Gasteiger partial charge in [0.05, 0.1) is 0 Å². The maximum absolute atomic E-state index is 7.15. The topological polar surface area (TPSA) is 52.5 Å². The van der Waals surface area contributed by atoms with Gasteiger partial charge < -0.3 is 10.4 Å². The maximum Gasteiger partial charge on any atom is 0.133 e. The highest BCUT2D eigenvalue weighted by Gasteiger charge is 2.23. The number of nitrogens with zero attached hydrogens (tertiary/aromatic N) is 1. The summed E-state index contributed by atoms with van der Waals surface area (Å²) in [6.45, 7) is 6.45. The summed E-state index contributed by atoms with van der Waals surface area (Å²) in [6.07, 6.45) is 7.68. The lowest BCUT2D eigenvalue weighted by molar-refractivity contribution is 0.479. The van der Waals surface area contributed by atoms with Gasteiger partial charge in [-0.3, -0.25) is 0 Å². The SMILES string of the molecule is CCC(C)(C)/C(=C/C=N)c1ncc[nH]1. The molecule has 0 radical (unpaired) electrons. The van der Waals surface area contributed by atoms with E-state index in [0.29, 0.717) is 0 Å². The Balaban J connectivity index is 3.10. The Labute approximate surface area is 84.8 Å². The normalized spacial score (nSPS) is 12.9. The highest BCUT2D eigenvalue weighted by Crippen LogP contribution is 2.35. The molecule has 0 saturated carbocycles. The number of H-pyrrole nitrogens is 1. The van der Waals surface area contributed by atoms with Crippen molar-refractivity contribution >= 4 is 11.8 Å². The van der Waals surface area contributed by atoms with E-state index in [9.17, 15) is 0 Å². The third kappa shape index (κ3) is 2.10. The first kappa shape index (κ1) is 10.7. The van der Waals surface area contributed by atoms with Crippen molar-refractivity contribution in [2.45, 2.75) is 27.2 Å². The predicted molar refractivity (Wildman–Crippen MR) is 59.4 cm³/mol. The zero-order valence-electron chi connectivity index (χ0n) is 8.96. The van der Waals surface area contributed by atoms with E-state index in [1.807, 2.05) is 6.08 Å². The van der Waals surface area contributed by atoms with Crippen molar-refractivity contribution in [3.05, 3.63) is 24.3 Å². The summed E-state index contributed by atoms with van der Waals surface area (Å²) < 4.78 is 0. The first-order chi connectivity index (χ1) is 6.61. The number of aromatic nitrogens is 2. The van der Waals surface area contributed by atoms with Crippen molar-refractivity contribution in [2.24, 2.45) is 5.41 Å². The van der Waals surface area contributed by atoms with E-state index in [2.05, 4.69) is 30.7 Å². The largest absolute Gasteiger partial charge is 0.345 e. The first-order valence-corrected chi connectivity index (χ1v) is 4.83. The van der Waals surface area contributed by atoms with Gasteiger partial charge in [-0.05, 0) is 17.9 Å². The summed E-state index contributed by atoms with van der Waals surface area (Å²) >= 11 is 0. The van der Waals surface area contributed by atoms with Gasteiger partial charge >= 0.3 is 0 Å². The molecule has 1 aromatic rings. The van der Waals surface area contributed by atoms with E-state index in [1.54, 1.807) is 12.4 Å². The smallest absolute Gasteiger partial charge is 0.133 e. The van der Waals surface area contributed by atoms with Crippen LogP contribution < -0.4 is 0 Å². The van der Waals surface area contributed by atoms with Gasteiger partial charge in [0.15, 0.2) is 0 Å². The van der Waals surface area contributed by atoms with Crippen molar-refractivity contribution in [1.82, 2.24) is 9.97 Å². The molecule has 0 amide bonds. The fourth-order valence-corrected chi connectivity index (χ4v) is 1.31. The predicted octanol–water partition coefficient (Wildman–Crippen LogP) is 2.88. The molecule has 0 aliphatic carbocycles. The number of nitrogens with one attached hydrogen (secondary N) is 2. The Morgan fingerprint density at radius 1 is 1.64 bits per heavy atom. The summed E-state index contributed by atoms with van der Waals surface area (Å²) in [6, 6.07) is 0. The van der Waals surface area contributed by atoms with Crippen LogP contribution in [0.2, 0.25) is 0 Å². The molecule has 0 bridgehead atoms. The van der Waals surface area contributed by atoms with Crippen LogP contribution in [-0.4, -0.2) is 16.2 Å². The minimum Gasteiger partial charge on any atom is -0.345 e. The molecule has 0 fully saturated rings. The van der Waals surface area contributed by atoms with Crippen LogP contribution in [0.4, 0.5) is 0 Å². The van der Waals surface area contributed by atoms with E-state index >= 15 is 0 Å². The fourth-order valence-electron chi connectivity index (χ4n) is 1.31.